The molecule has 3 amide bonds. The first-order valence-electron chi connectivity index (χ1n) is 7.30. The van der Waals surface area contributed by atoms with Gasteiger partial charge in [0.2, 0.25) is 0 Å². The molecule has 7 heteroatoms. The van der Waals surface area contributed by atoms with Crippen LogP contribution < -0.4 is 16.0 Å². The summed E-state index contributed by atoms with van der Waals surface area (Å²) in [5, 5.41) is 8.27. The molecule has 22 heavy (non-hydrogen) atoms. The zero-order chi connectivity index (χ0) is 16.5. The van der Waals surface area contributed by atoms with Crippen molar-refractivity contribution in [3.8, 4) is 0 Å². The van der Waals surface area contributed by atoms with Gasteiger partial charge in [0.05, 0.1) is 10.6 Å². The Hall–Kier alpha value is -1.79. The van der Waals surface area contributed by atoms with E-state index >= 15 is 0 Å². The summed E-state index contributed by atoms with van der Waals surface area (Å²) >= 11 is 6.03. The van der Waals surface area contributed by atoms with Gasteiger partial charge in [0.15, 0.2) is 0 Å². The normalized spacial score (nSPS) is 10.4. The Kier molecular flexibility index (Phi) is 7.70. The predicted octanol–water partition coefficient (Wildman–Crippen LogP) is 2.16. The summed E-state index contributed by atoms with van der Waals surface area (Å²) in [4.78, 5) is 25.5. The maximum atomic E-state index is 11.8. The van der Waals surface area contributed by atoms with E-state index in [1.54, 1.807) is 18.2 Å². The lowest BCUT2D eigenvalue weighted by atomic mass is 10.2. The van der Waals surface area contributed by atoms with Crippen molar-refractivity contribution < 1.29 is 9.59 Å². The number of carbonyl (C=O) groups excluding carboxylic acids is 2. The van der Waals surface area contributed by atoms with E-state index in [2.05, 4.69) is 34.7 Å². The predicted molar refractivity (Wildman–Crippen MR) is 89.7 cm³/mol. The lowest BCUT2D eigenvalue weighted by Crippen LogP contribution is -2.36. The van der Waals surface area contributed by atoms with Crippen LogP contribution in [-0.4, -0.2) is 50.1 Å². The van der Waals surface area contributed by atoms with Crippen molar-refractivity contribution >= 4 is 29.2 Å². The van der Waals surface area contributed by atoms with Crippen molar-refractivity contribution in [2.24, 2.45) is 0 Å². The Morgan fingerprint density at radius 2 is 1.91 bits per heavy atom. The number of carbonyl (C=O) groups is 2. The smallest absolute Gasteiger partial charge is 0.319 e. The Labute approximate surface area is 136 Å². The Bertz CT molecular complexity index is 518. The molecule has 0 aliphatic heterocycles. The van der Waals surface area contributed by atoms with Gasteiger partial charge in [-0.2, -0.15) is 0 Å². The van der Waals surface area contributed by atoms with Gasteiger partial charge in [-0.25, -0.2) is 4.79 Å². The Morgan fingerprint density at radius 3 is 2.45 bits per heavy atom. The number of anilines is 1. The van der Waals surface area contributed by atoms with Crippen molar-refractivity contribution in [3.63, 3.8) is 0 Å². The second-order valence-electron chi connectivity index (χ2n) is 4.68. The highest BCUT2D eigenvalue weighted by Gasteiger charge is 2.10. The highest BCUT2D eigenvalue weighted by atomic mass is 35.5. The highest BCUT2D eigenvalue weighted by Crippen LogP contribution is 2.20. The van der Waals surface area contributed by atoms with Gasteiger partial charge < -0.3 is 20.9 Å². The maximum absolute atomic E-state index is 11.8. The lowest BCUT2D eigenvalue weighted by Gasteiger charge is -2.18. The number of likely N-dealkylation sites (N-methyl/N-ethyl adjacent to an activating group) is 1. The number of rotatable bonds is 7. The number of benzene rings is 1. The van der Waals surface area contributed by atoms with Crippen molar-refractivity contribution in [1.82, 2.24) is 15.5 Å². The molecule has 0 saturated heterocycles. The average Bonchev–Trinajstić information content (AvgIpc) is 2.51. The molecule has 0 unspecified atom stereocenters. The van der Waals surface area contributed by atoms with Crippen LogP contribution in [0, 0.1) is 0 Å². The van der Waals surface area contributed by atoms with Gasteiger partial charge in [-0.05, 0) is 31.3 Å². The number of nitrogens with one attached hydrogen (secondary N) is 3. The van der Waals surface area contributed by atoms with E-state index in [-0.39, 0.29) is 11.9 Å². The molecule has 0 atom stereocenters. The van der Waals surface area contributed by atoms with Crippen LogP contribution in [0.3, 0.4) is 0 Å². The van der Waals surface area contributed by atoms with Gasteiger partial charge in [-0.3, -0.25) is 4.79 Å². The van der Waals surface area contributed by atoms with Gasteiger partial charge in [0.1, 0.15) is 0 Å². The van der Waals surface area contributed by atoms with Crippen LogP contribution in [-0.2, 0) is 0 Å². The van der Waals surface area contributed by atoms with Gasteiger partial charge in [-0.15, -0.1) is 0 Å². The summed E-state index contributed by atoms with van der Waals surface area (Å²) in [6.45, 7) is 7.44. The maximum Gasteiger partial charge on any atom is 0.319 e. The third-order valence-corrected chi connectivity index (χ3v) is 3.62. The summed E-state index contributed by atoms with van der Waals surface area (Å²) in [7, 11) is 1.54. The fourth-order valence-corrected chi connectivity index (χ4v) is 2.22. The minimum Gasteiger partial charge on any atom is -0.355 e. The Morgan fingerprint density at radius 1 is 1.23 bits per heavy atom. The summed E-state index contributed by atoms with van der Waals surface area (Å²) in [5.74, 6) is -0.264. The van der Waals surface area contributed by atoms with Crippen LogP contribution in [0.5, 0.6) is 0 Å². The number of hydrogen-bond acceptors (Lipinski definition) is 3. The molecule has 0 radical (unpaired) electrons. The third-order valence-electron chi connectivity index (χ3n) is 3.31. The topological polar surface area (TPSA) is 73.5 Å². The number of nitrogens with zero attached hydrogens (tertiary/aromatic N) is 1. The van der Waals surface area contributed by atoms with Crippen molar-refractivity contribution in [3.05, 3.63) is 28.8 Å². The molecule has 122 valence electrons. The van der Waals surface area contributed by atoms with Crippen LogP contribution in [0.2, 0.25) is 5.02 Å². The molecule has 1 aromatic rings. The molecular formula is C15H23ClN4O2. The van der Waals surface area contributed by atoms with E-state index in [0.717, 1.165) is 19.6 Å². The molecule has 6 nitrogen and oxygen atoms in total. The first-order chi connectivity index (χ1) is 10.5. The monoisotopic (exact) mass is 326 g/mol. The Balaban J connectivity index is 2.51. The quantitative estimate of drug-likeness (QED) is 0.719. The number of hydrogen-bond donors (Lipinski definition) is 3. The molecule has 1 rings (SSSR count). The van der Waals surface area contributed by atoms with E-state index in [1.165, 1.54) is 7.05 Å². The molecule has 3 N–H and O–H groups in total. The van der Waals surface area contributed by atoms with Crippen LogP contribution >= 0.6 is 11.6 Å². The second kappa shape index (κ2) is 9.27. The van der Waals surface area contributed by atoms with Crippen LogP contribution in [0.15, 0.2) is 18.2 Å². The van der Waals surface area contributed by atoms with Gasteiger partial charge in [0, 0.05) is 25.8 Å². The van der Waals surface area contributed by atoms with Gasteiger partial charge >= 0.3 is 6.03 Å². The average molecular weight is 327 g/mol. The molecule has 0 saturated carbocycles. The fraction of sp³-hybridized carbons (Fsp3) is 0.467. The van der Waals surface area contributed by atoms with Crippen molar-refractivity contribution in [1.29, 1.82) is 0 Å². The van der Waals surface area contributed by atoms with E-state index in [0.29, 0.717) is 22.8 Å². The molecular weight excluding hydrogens is 304 g/mol. The lowest BCUT2D eigenvalue weighted by molar-refractivity contribution is 0.0963. The number of halogens is 1. The van der Waals surface area contributed by atoms with E-state index in [1.807, 2.05) is 0 Å². The van der Waals surface area contributed by atoms with Crippen molar-refractivity contribution in [2.75, 3.05) is 38.5 Å². The zero-order valence-corrected chi connectivity index (χ0v) is 14.0. The van der Waals surface area contributed by atoms with E-state index in [9.17, 15) is 9.59 Å². The largest absolute Gasteiger partial charge is 0.355 e. The fourth-order valence-electron chi connectivity index (χ4n) is 1.95. The minimum atomic E-state index is -0.295. The van der Waals surface area contributed by atoms with Gasteiger partial charge in [0.25, 0.3) is 5.91 Å². The van der Waals surface area contributed by atoms with E-state index in [4.69, 9.17) is 11.6 Å². The van der Waals surface area contributed by atoms with E-state index < -0.39 is 0 Å². The summed E-state index contributed by atoms with van der Waals surface area (Å²) in [6.07, 6.45) is 0. The first-order valence-corrected chi connectivity index (χ1v) is 7.68. The SMILES string of the molecule is CCN(CC)CCNC(=O)Nc1ccc(C(=O)NC)c(Cl)c1. The standard InChI is InChI=1S/C15H23ClN4O2/c1-4-20(5-2)9-8-18-15(22)19-11-6-7-12(13(16)10-11)14(21)17-3/h6-7,10H,4-5,8-9H2,1-3H3,(H,17,21)(H2,18,19,22). The molecule has 0 fully saturated rings. The molecule has 0 heterocycles. The number of amides is 3. The molecule has 0 aliphatic rings. The second-order valence-corrected chi connectivity index (χ2v) is 5.09. The summed E-state index contributed by atoms with van der Waals surface area (Å²) in [5.41, 5.74) is 0.912. The van der Waals surface area contributed by atoms with Gasteiger partial charge in [-0.1, -0.05) is 25.4 Å². The molecule has 0 spiro atoms. The molecule has 0 aliphatic carbocycles. The van der Waals surface area contributed by atoms with Crippen LogP contribution in [0.25, 0.3) is 0 Å². The molecule has 0 aromatic heterocycles. The summed E-state index contributed by atoms with van der Waals surface area (Å²) in [6, 6.07) is 4.47. The minimum absolute atomic E-state index is 0.264. The number of urea groups is 1. The molecule has 1 aromatic carbocycles. The summed E-state index contributed by atoms with van der Waals surface area (Å²) < 4.78 is 0. The zero-order valence-electron chi connectivity index (χ0n) is 13.2. The van der Waals surface area contributed by atoms with Crippen LogP contribution in [0.4, 0.5) is 10.5 Å². The van der Waals surface area contributed by atoms with Crippen LogP contribution in [0.1, 0.15) is 24.2 Å². The first kappa shape index (κ1) is 18.3. The third kappa shape index (κ3) is 5.54. The highest BCUT2D eigenvalue weighted by molar-refractivity contribution is 6.34. The van der Waals surface area contributed by atoms with Crippen molar-refractivity contribution in [2.45, 2.75) is 13.8 Å². The molecule has 0 bridgehead atoms.